The Bertz CT molecular complexity index is 123. The number of rotatable bonds is 12. The van der Waals surface area contributed by atoms with Gasteiger partial charge in [-0.2, -0.15) is 0 Å². The van der Waals surface area contributed by atoms with Crippen molar-refractivity contribution in [3.63, 3.8) is 0 Å². The molecular weight excluding hydrogens is 196 g/mol. The second-order valence-electron chi connectivity index (χ2n) is 4.69. The molecule has 0 aliphatic heterocycles. The van der Waals surface area contributed by atoms with Gasteiger partial charge in [0.1, 0.15) is 0 Å². The van der Waals surface area contributed by atoms with E-state index < -0.39 is 0 Å². The molecule has 0 aromatic heterocycles. The summed E-state index contributed by atoms with van der Waals surface area (Å²) in [5.41, 5.74) is 0. The molecule has 1 heteroatoms. The molecule has 1 unspecified atom stereocenters. The maximum Gasteiger partial charge on any atom is 0.0576 e. The topological polar surface area (TPSA) is 9.23 Å². The van der Waals surface area contributed by atoms with Crippen LogP contribution in [0.3, 0.4) is 0 Å². The summed E-state index contributed by atoms with van der Waals surface area (Å²) in [6.45, 7) is 9.08. The van der Waals surface area contributed by atoms with Crippen molar-refractivity contribution in [1.82, 2.24) is 0 Å². The van der Waals surface area contributed by atoms with Gasteiger partial charge in [0.05, 0.1) is 6.10 Å². The lowest BCUT2D eigenvalue weighted by atomic mass is 10.1. The van der Waals surface area contributed by atoms with Crippen LogP contribution in [-0.2, 0) is 4.74 Å². The summed E-state index contributed by atoms with van der Waals surface area (Å²) >= 11 is 0. The summed E-state index contributed by atoms with van der Waals surface area (Å²) in [6.07, 6.45) is 13.9. The molecule has 0 aromatic carbocycles. The second-order valence-corrected chi connectivity index (χ2v) is 4.69. The molecule has 0 aromatic rings. The van der Waals surface area contributed by atoms with Crippen LogP contribution in [0.15, 0.2) is 0 Å². The number of hydrogen-bond acceptors (Lipinski definition) is 1. The highest BCUT2D eigenvalue weighted by Gasteiger charge is 1.99. The molecule has 1 radical (unpaired) electrons. The SMILES string of the molecule is [CH2]C(CCCCCCCCCCC)OCC. The van der Waals surface area contributed by atoms with Gasteiger partial charge < -0.3 is 4.74 Å². The summed E-state index contributed by atoms with van der Waals surface area (Å²) in [5.74, 6) is 0. The minimum atomic E-state index is 0.217. The van der Waals surface area contributed by atoms with Crippen LogP contribution in [0, 0.1) is 6.92 Å². The number of hydrogen-bond donors (Lipinski definition) is 0. The molecule has 16 heavy (non-hydrogen) atoms. The summed E-state index contributed by atoms with van der Waals surface area (Å²) in [6, 6.07) is 0. The van der Waals surface area contributed by atoms with E-state index in [1.165, 1.54) is 57.8 Å². The van der Waals surface area contributed by atoms with Gasteiger partial charge in [0.2, 0.25) is 0 Å². The molecule has 0 aliphatic rings. The highest BCUT2D eigenvalue weighted by Crippen LogP contribution is 2.11. The van der Waals surface area contributed by atoms with Crippen LogP contribution in [0.4, 0.5) is 0 Å². The van der Waals surface area contributed by atoms with Crippen LogP contribution < -0.4 is 0 Å². The van der Waals surface area contributed by atoms with Gasteiger partial charge in [-0.3, -0.25) is 0 Å². The van der Waals surface area contributed by atoms with Crippen LogP contribution in [-0.4, -0.2) is 12.7 Å². The highest BCUT2D eigenvalue weighted by molar-refractivity contribution is 4.59. The quantitative estimate of drug-likeness (QED) is 0.419. The van der Waals surface area contributed by atoms with Gasteiger partial charge in [-0.1, -0.05) is 64.7 Å². The summed E-state index contributed by atoms with van der Waals surface area (Å²) in [7, 11) is 0. The van der Waals surface area contributed by atoms with E-state index >= 15 is 0 Å². The van der Waals surface area contributed by atoms with Gasteiger partial charge in [0.25, 0.3) is 0 Å². The molecule has 0 N–H and O–H groups in total. The van der Waals surface area contributed by atoms with Gasteiger partial charge in [-0.15, -0.1) is 0 Å². The Hall–Kier alpha value is -0.0400. The van der Waals surface area contributed by atoms with E-state index in [-0.39, 0.29) is 6.10 Å². The first-order valence-corrected chi connectivity index (χ1v) is 7.26. The molecule has 0 amide bonds. The predicted molar refractivity (Wildman–Crippen MR) is 72.6 cm³/mol. The summed E-state index contributed by atoms with van der Waals surface area (Å²) in [5, 5.41) is 0. The highest BCUT2D eigenvalue weighted by atomic mass is 16.5. The Morgan fingerprint density at radius 3 is 1.81 bits per heavy atom. The fraction of sp³-hybridized carbons (Fsp3) is 0.933. The van der Waals surface area contributed by atoms with Crippen molar-refractivity contribution in [3.8, 4) is 0 Å². The van der Waals surface area contributed by atoms with Crippen molar-refractivity contribution in [2.24, 2.45) is 0 Å². The summed E-state index contributed by atoms with van der Waals surface area (Å²) < 4.78 is 5.40. The van der Waals surface area contributed by atoms with E-state index in [4.69, 9.17) is 4.74 Å². The fourth-order valence-electron chi connectivity index (χ4n) is 2.00. The van der Waals surface area contributed by atoms with E-state index in [2.05, 4.69) is 13.8 Å². The molecule has 0 heterocycles. The lowest BCUT2D eigenvalue weighted by molar-refractivity contribution is 0.0863. The Kier molecular flexibility index (Phi) is 13.0. The molecule has 0 aliphatic carbocycles. The minimum Gasteiger partial charge on any atom is -0.379 e. The molecule has 0 bridgehead atoms. The molecule has 0 rings (SSSR count). The van der Waals surface area contributed by atoms with E-state index in [9.17, 15) is 0 Å². The largest absolute Gasteiger partial charge is 0.379 e. The van der Waals surface area contributed by atoms with Crippen LogP contribution in [0.25, 0.3) is 0 Å². The lowest BCUT2D eigenvalue weighted by Crippen LogP contribution is -2.07. The van der Waals surface area contributed by atoms with Gasteiger partial charge in [-0.05, 0) is 20.3 Å². The van der Waals surface area contributed by atoms with E-state index in [1.807, 2.05) is 6.92 Å². The summed E-state index contributed by atoms with van der Waals surface area (Å²) in [4.78, 5) is 0. The monoisotopic (exact) mass is 227 g/mol. The van der Waals surface area contributed by atoms with E-state index in [0.29, 0.717) is 0 Å². The zero-order valence-corrected chi connectivity index (χ0v) is 11.5. The molecule has 1 atom stereocenters. The van der Waals surface area contributed by atoms with E-state index in [0.717, 1.165) is 13.0 Å². The van der Waals surface area contributed by atoms with E-state index in [1.54, 1.807) is 0 Å². The third-order valence-corrected chi connectivity index (χ3v) is 3.03. The number of ether oxygens (including phenoxy) is 1. The van der Waals surface area contributed by atoms with Crippen molar-refractivity contribution in [2.45, 2.75) is 84.2 Å². The fourth-order valence-corrected chi connectivity index (χ4v) is 2.00. The van der Waals surface area contributed by atoms with Gasteiger partial charge in [0, 0.05) is 6.61 Å². The molecule has 1 nitrogen and oxygen atoms in total. The average Bonchev–Trinajstić information content (AvgIpc) is 2.27. The molecule has 0 saturated heterocycles. The maximum absolute atomic E-state index is 5.40. The third-order valence-electron chi connectivity index (χ3n) is 3.03. The number of unbranched alkanes of at least 4 members (excludes halogenated alkanes) is 8. The van der Waals surface area contributed by atoms with Gasteiger partial charge in [0.15, 0.2) is 0 Å². The van der Waals surface area contributed by atoms with Crippen molar-refractivity contribution in [3.05, 3.63) is 6.92 Å². The Balaban J connectivity index is 2.98. The first-order chi connectivity index (χ1) is 7.81. The zero-order chi connectivity index (χ0) is 12.1. The predicted octanol–water partition coefficient (Wildman–Crippen LogP) is 5.15. The molecule has 97 valence electrons. The van der Waals surface area contributed by atoms with Crippen molar-refractivity contribution >= 4 is 0 Å². The Morgan fingerprint density at radius 1 is 0.812 bits per heavy atom. The minimum absolute atomic E-state index is 0.217. The smallest absolute Gasteiger partial charge is 0.0576 e. The molecule has 0 spiro atoms. The normalized spacial score (nSPS) is 12.9. The third kappa shape index (κ3) is 12.0. The van der Waals surface area contributed by atoms with Crippen LogP contribution in [0.2, 0.25) is 0 Å². The Labute approximate surface area is 103 Å². The Morgan fingerprint density at radius 2 is 1.31 bits per heavy atom. The molecule has 0 fully saturated rings. The van der Waals surface area contributed by atoms with Crippen LogP contribution in [0.5, 0.6) is 0 Å². The average molecular weight is 227 g/mol. The first-order valence-electron chi connectivity index (χ1n) is 7.26. The standard InChI is InChI=1S/C15H31O/c1-4-6-7-8-9-10-11-12-13-14-15(3)16-5-2/h15H,3-14H2,1-2H3. The maximum atomic E-state index is 5.40. The van der Waals surface area contributed by atoms with Crippen LogP contribution >= 0.6 is 0 Å². The zero-order valence-electron chi connectivity index (χ0n) is 11.5. The molecular formula is C15H31O. The second kappa shape index (κ2) is 13.0. The van der Waals surface area contributed by atoms with Gasteiger partial charge in [-0.25, -0.2) is 0 Å². The van der Waals surface area contributed by atoms with Crippen LogP contribution in [0.1, 0.15) is 78.1 Å². The van der Waals surface area contributed by atoms with Gasteiger partial charge >= 0.3 is 0 Å². The van der Waals surface area contributed by atoms with Crippen molar-refractivity contribution in [1.29, 1.82) is 0 Å². The first kappa shape index (κ1) is 16.0. The molecule has 0 saturated carbocycles. The van der Waals surface area contributed by atoms with Crippen molar-refractivity contribution < 1.29 is 4.74 Å². The van der Waals surface area contributed by atoms with Crippen molar-refractivity contribution in [2.75, 3.05) is 6.61 Å². The lowest BCUT2D eigenvalue weighted by Gasteiger charge is -2.10.